The summed E-state index contributed by atoms with van der Waals surface area (Å²) in [5.41, 5.74) is 1.26. The number of carboxylic acid groups (broad SMARTS) is 2. The molecule has 1 aromatic rings. The van der Waals surface area contributed by atoms with Gasteiger partial charge in [-0.1, -0.05) is 30.3 Å². The minimum Gasteiger partial charge on any atom is -0.480 e. The maximum atomic E-state index is 10.9. The molecule has 1 saturated heterocycles. The Labute approximate surface area is 130 Å². The van der Waals surface area contributed by atoms with Crippen LogP contribution < -0.4 is 0 Å². The van der Waals surface area contributed by atoms with E-state index < -0.39 is 11.9 Å². The van der Waals surface area contributed by atoms with E-state index >= 15 is 0 Å². The van der Waals surface area contributed by atoms with Crippen LogP contribution in [0.4, 0.5) is 0 Å². The maximum Gasteiger partial charge on any atom is 0.317 e. The van der Waals surface area contributed by atoms with Crippen molar-refractivity contribution in [3.05, 3.63) is 35.9 Å². The zero-order valence-corrected chi connectivity index (χ0v) is 12.5. The van der Waals surface area contributed by atoms with Gasteiger partial charge in [-0.05, 0) is 31.5 Å². The molecule has 0 atom stereocenters. The highest BCUT2D eigenvalue weighted by Gasteiger charge is 2.27. The Morgan fingerprint density at radius 1 is 1.05 bits per heavy atom. The van der Waals surface area contributed by atoms with Crippen molar-refractivity contribution in [2.75, 3.05) is 26.2 Å². The molecule has 1 aliphatic rings. The number of likely N-dealkylation sites (tertiary alicyclic amines) is 1. The fourth-order valence-corrected chi connectivity index (χ4v) is 2.95. The first kappa shape index (κ1) is 16.5. The Morgan fingerprint density at radius 3 is 2.09 bits per heavy atom. The quantitative estimate of drug-likeness (QED) is 0.786. The molecule has 0 unspecified atom stereocenters. The second kappa shape index (κ2) is 7.91. The van der Waals surface area contributed by atoms with Crippen LogP contribution in [0.15, 0.2) is 30.3 Å². The average Bonchev–Trinajstić information content (AvgIpc) is 2.47. The van der Waals surface area contributed by atoms with Crippen molar-refractivity contribution in [1.82, 2.24) is 9.80 Å². The van der Waals surface area contributed by atoms with E-state index in [0.29, 0.717) is 0 Å². The van der Waals surface area contributed by atoms with Crippen molar-refractivity contribution in [3.8, 4) is 0 Å². The van der Waals surface area contributed by atoms with E-state index in [2.05, 4.69) is 17.0 Å². The molecular weight excluding hydrogens is 284 g/mol. The van der Waals surface area contributed by atoms with Crippen molar-refractivity contribution in [3.63, 3.8) is 0 Å². The lowest BCUT2D eigenvalue weighted by Crippen LogP contribution is -2.48. The van der Waals surface area contributed by atoms with E-state index in [4.69, 9.17) is 10.2 Å². The molecule has 1 heterocycles. The molecule has 120 valence electrons. The molecule has 0 spiro atoms. The summed E-state index contributed by atoms with van der Waals surface area (Å²) in [4.78, 5) is 25.7. The predicted molar refractivity (Wildman–Crippen MR) is 81.6 cm³/mol. The number of rotatable bonds is 7. The minimum atomic E-state index is -0.979. The molecule has 22 heavy (non-hydrogen) atoms. The molecule has 1 aromatic carbocycles. The number of benzene rings is 1. The molecule has 0 saturated carbocycles. The van der Waals surface area contributed by atoms with Gasteiger partial charge < -0.3 is 10.2 Å². The second-order valence-corrected chi connectivity index (χ2v) is 5.69. The van der Waals surface area contributed by atoms with E-state index in [1.807, 2.05) is 18.2 Å². The number of carboxylic acids is 2. The summed E-state index contributed by atoms with van der Waals surface area (Å²) in [7, 11) is 0. The normalized spacial score (nSPS) is 16.8. The fraction of sp³-hybridized carbons (Fsp3) is 0.500. The molecule has 1 fully saturated rings. The van der Waals surface area contributed by atoms with Crippen LogP contribution in [0.5, 0.6) is 0 Å². The first-order valence-corrected chi connectivity index (χ1v) is 7.48. The van der Waals surface area contributed by atoms with E-state index in [0.717, 1.165) is 32.5 Å². The summed E-state index contributed by atoms with van der Waals surface area (Å²) in [5, 5.41) is 17.9. The van der Waals surface area contributed by atoms with Crippen LogP contribution in [-0.2, 0) is 16.1 Å². The van der Waals surface area contributed by atoms with Gasteiger partial charge in [-0.25, -0.2) is 0 Å². The van der Waals surface area contributed by atoms with Gasteiger partial charge in [0.15, 0.2) is 0 Å². The molecule has 2 N–H and O–H groups in total. The lowest BCUT2D eigenvalue weighted by atomic mass is 10.0. The Bertz CT molecular complexity index is 482. The summed E-state index contributed by atoms with van der Waals surface area (Å²) < 4.78 is 0. The number of piperidine rings is 1. The SMILES string of the molecule is O=C(O)CN(CC(=O)O)C1CCN(Cc2ccccc2)CC1. The summed E-state index contributed by atoms with van der Waals surface area (Å²) in [5.74, 6) is -1.96. The Morgan fingerprint density at radius 2 is 1.59 bits per heavy atom. The molecule has 6 nitrogen and oxygen atoms in total. The van der Waals surface area contributed by atoms with Gasteiger partial charge in [0.05, 0.1) is 13.1 Å². The number of hydrogen-bond donors (Lipinski definition) is 2. The largest absolute Gasteiger partial charge is 0.480 e. The van der Waals surface area contributed by atoms with Gasteiger partial charge in [0.1, 0.15) is 0 Å². The topological polar surface area (TPSA) is 81.1 Å². The molecule has 0 amide bonds. The molecule has 0 aliphatic carbocycles. The molecule has 6 heteroatoms. The van der Waals surface area contributed by atoms with Crippen molar-refractivity contribution in [2.45, 2.75) is 25.4 Å². The van der Waals surface area contributed by atoms with Crippen molar-refractivity contribution < 1.29 is 19.8 Å². The first-order chi connectivity index (χ1) is 10.5. The Balaban J connectivity index is 1.86. The second-order valence-electron chi connectivity index (χ2n) is 5.69. The molecule has 2 rings (SSSR count). The highest BCUT2D eigenvalue weighted by Crippen LogP contribution is 2.18. The van der Waals surface area contributed by atoms with Crippen LogP contribution in [0.2, 0.25) is 0 Å². The fourth-order valence-electron chi connectivity index (χ4n) is 2.95. The number of hydrogen-bond acceptors (Lipinski definition) is 4. The van der Waals surface area contributed by atoms with Crippen LogP contribution in [-0.4, -0.2) is 64.2 Å². The van der Waals surface area contributed by atoms with Crippen LogP contribution >= 0.6 is 0 Å². The van der Waals surface area contributed by atoms with Gasteiger partial charge in [0, 0.05) is 12.6 Å². The Kier molecular flexibility index (Phi) is 5.91. The van der Waals surface area contributed by atoms with Gasteiger partial charge in [0.25, 0.3) is 0 Å². The standard InChI is InChI=1S/C16H22N2O4/c19-15(20)11-18(12-16(21)22)14-6-8-17(9-7-14)10-13-4-2-1-3-5-13/h1-5,14H,6-12H2,(H,19,20)(H,21,22). The number of nitrogens with zero attached hydrogens (tertiary/aromatic N) is 2. The molecular formula is C16H22N2O4. The van der Waals surface area contributed by atoms with Crippen molar-refractivity contribution >= 4 is 11.9 Å². The van der Waals surface area contributed by atoms with Gasteiger partial charge in [0.2, 0.25) is 0 Å². The predicted octanol–water partition coefficient (Wildman–Crippen LogP) is 1.12. The molecule has 1 aliphatic heterocycles. The first-order valence-electron chi connectivity index (χ1n) is 7.48. The van der Waals surface area contributed by atoms with E-state index in [1.54, 1.807) is 4.90 Å². The monoisotopic (exact) mass is 306 g/mol. The maximum absolute atomic E-state index is 10.9. The van der Waals surface area contributed by atoms with Gasteiger partial charge in [-0.15, -0.1) is 0 Å². The van der Waals surface area contributed by atoms with E-state index in [1.165, 1.54) is 5.56 Å². The number of aliphatic carboxylic acids is 2. The van der Waals surface area contributed by atoms with Gasteiger partial charge in [-0.3, -0.25) is 19.4 Å². The van der Waals surface area contributed by atoms with E-state index in [-0.39, 0.29) is 19.1 Å². The third-order valence-corrected chi connectivity index (χ3v) is 4.00. The Hall–Kier alpha value is -1.92. The van der Waals surface area contributed by atoms with Crippen molar-refractivity contribution in [2.24, 2.45) is 0 Å². The van der Waals surface area contributed by atoms with Crippen LogP contribution in [0.3, 0.4) is 0 Å². The van der Waals surface area contributed by atoms with Crippen LogP contribution in [0, 0.1) is 0 Å². The summed E-state index contributed by atoms with van der Waals surface area (Å²) in [6.07, 6.45) is 1.60. The van der Waals surface area contributed by atoms with Crippen LogP contribution in [0.1, 0.15) is 18.4 Å². The zero-order chi connectivity index (χ0) is 15.9. The lowest BCUT2D eigenvalue weighted by Gasteiger charge is -2.37. The summed E-state index contributed by atoms with van der Waals surface area (Å²) in [6, 6.07) is 10.2. The van der Waals surface area contributed by atoms with Gasteiger partial charge >= 0.3 is 11.9 Å². The molecule has 0 radical (unpaired) electrons. The molecule has 0 bridgehead atoms. The summed E-state index contributed by atoms with van der Waals surface area (Å²) in [6.45, 7) is 2.17. The number of carbonyl (C=O) groups is 2. The summed E-state index contributed by atoms with van der Waals surface area (Å²) >= 11 is 0. The molecule has 0 aromatic heterocycles. The minimum absolute atomic E-state index is 0.0271. The lowest BCUT2D eigenvalue weighted by molar-refractivity contribution is -0.143. The highest BCUT2D eigenvalue weighted by atomic mass is 16.4. The van der Waals surface area contributed by atoms with Crippen LogP contribution in [0.25, 0.3) is 0 Å². The third kappa shape index (κ3) is 5.13. The van der Waals surface area contributed by atoms with Gasteiger partial charge in [-0.2, -0.15) is 0 Å². The zero-order valence-electron chi connectivity index (χ0n) is 12.5. The van der Waals surface area contributed by atoms with E-state index in [9.17, 15) is 9.59 Å². The van der Waals surface area contributed by atoms with Crippen molar-refractivity contribution in [1.29, 1.82) is 0 Å². The third-order valence-electron chi connectivity index (χ3n) is 4.00. The highest BCUT2D eigenvalue weighted by molar-refractivity contribution is 5.72. The smallest absolute Gasteiger partial charge is 0.317 e. The average molecular weight is 306 g/mol.